The number of thiazole rings is 1. The Hall–Kier alpha value is -2.88. The summed E-state index contributed by atoms with van der Waals surface area (Å²) in [4.78, 5) is 20.6. The Kier molecular flexibility index (Phi) is 6.64. The number of nitrogens with zero attached hydrogens (tertiary/aromatic N) is 3. The summed E-state index contributed by atoms with van der Waals surface area (Å²) in [5.41, 5.74) is 0.886. The van der Waals surface area contributed by atoms with Crippen molar-refractivity contribution in [1.82, 2.24) is 15.1 Å². The number of amides is 1. The molecule has 28 heavy (non-hydrogen) atoms. The van der Waals surface area contributed by atoms with Gasteiger partial charge in [-0.2, -0.15) is 13.8 Å². The van der Waals surface area contributed by atoms with E-state index in [1.54, 1.807) is 23.6 Å². The fourth-order valence-corrected chi connectivity index (χ4v) is 3.18. The molecule has 10 heteroatoms. The number of carbonyl (C=O) groups is 1. The van der Waals surface area contributed by atoms with Crippen LogP contribution in [0.15, 0.2) is 34.2 Å². The molecule has 0 unspecified atom stereocenters. The molecule has 0 saturated heterocycles. The molecule has 1 aromatic carbocycles. The Morgan fingerprint density at radius 3 is 2.89 bits per heavy atom. The molecule has 3 aromatic rings. The van der Waals surface area contributed by atoms with Crippen LogP contribution in [-0.4, -0.2) is 27.6 Å². The smallest absolute Gasteiger partial charge is 0.387 e. The zero-order valence-electron chi connectivity index (χ0n) is 15.0. The molecule has 7 nitrogen and oxygen atoms in total. The van der Waals surface area contributed by atoms with Crippen molar-refractivity contribution < 1.29 is 22.8 Å². The highest BCUT2D eigenvalue weighted by Gasteiger charge is 2.14. The van der Waals surface area contributed by atoms with Crippen LogP contribution in [0.2, 0.25) is 0 Å². The quantitative estimate of drug-likeness (QED) is 0.567. The molecule has 0 aliphatic carbocycles. The number of hydrogen-bond donors (Lipinski definition) is 1. The van der Waals surface area contributed by atoms with Crippen LogP contribution in [0, 0.1) is 0 Å². The van der Waals surface area contributed by atoms with Gasteiger partial charge in [0.15, 0.2) is 11.0 Å². The highest BCUT2D eigenvalue weighted by Crippen LogP contribution is 2.33. The standard InChI is InChI=1S/C18H18F2N4O3S/c1-2-14-22-16(27-24-14)9-5-8-15(25)23-18-21-12(10-28-18)11-6-3-4-7-13(11)26-17(19)20/h3-4,6-7,10,17H,2,5,8-9H2,1H3,(H,21,23,25). The van der Waals surface area contributed by atoms with E-state index in [1.807, 2.05) is 6.92 Å². The van der Waals surface area contributed by atoms with Gasteiger partial charge in [0.05, 0.1) is 5.69 Å². The van der Waals surface area contributed by atoms with E-state index >= 15 is 0 Å². The van der Waals surface area contributed by atoms with Crippen molar-refractivity contribution in [3.8, 4) is 17.0 Å². The molecule has 2 heterocycles. The molecule has 148 valence electrons. The molecule has 3 rings (SSSR count). The maximum atomic E-state index is 12.5. The number of benzene rings is 1. The number of anilines is 1. The van der Waals surface area contributed by atoms with Crippen LogP contribution in [-0.2, 0) is 17.6 Å². The summed E-state index contributed by atoms with van der Waals surface area (Å²) in [6.45, 7) is -0.992. The van der Waals surface area contributed by atoms with Crippen LogP contribution in [0.3, 0.4) is 0 Å². The number of para-hydroxylation sites is 1. The van der Waals surface area contributed by atoms with E-state index < -0.39 is 6.61 Å². The van der Waals surface area contributed by atoms with Crippen molar-refractivity contribution in [2.45, 2.75) is 39.2 Å². The molecule has 2 aromatic heterocycles. The van der Waals surface area contributed by atoms with Gasteiger partial charge in [0, 0.05) is 30.2 Å². The number of rotatable bonds is 9. The van der Waals surface area contributed by atoms with Gasteiger partial charge < -0.3 is 14.6 Å². The predicted octanol–water partition coefficient (Wildman–Crippen LogP) is 4.32. The third-order valence-corrected chi connectivity index (χ3v) is 4.51. The van der Waals surface area contributed by atoms with Crippen LogP contribution in [0.5, 0.6) is 5.75 Å². The third-order valence-electron chi connectivity index (χ3n) is 3.75. The molecule has 0 saturated carbocycles. The Labute approximate surface area is 163 Å². The lowest BCUT2D eigenvalue weighted by Crippen LogP contribution is -2.11. The number of carbonyl (C=O) groups excluding carboxylic acids is 1. The highest BCUT2D eigenvalue weighted by atomic mass is 32.1. The monoisotopic (exact) mass is 408 g/mol. The van der Waals surface area contributed by atoms with Crippen LogP contribution in [0.25, 0.3) is 11.3 Å². The molecule has 0 fully saturated rings. The second-order valence-electron chi connectivity index (χ2n) is 5.77. The Bertz CT molecular complexity index is 929. The summed E-state index contributed by atoms with van der Waals surface area (Å²) in [5, 5.41) is 8.57. The molecule has 0 aliphatic rings. The number of aromatic nitrogens is 3. The van der Waals surface area contributed by atoms with Gasteiger partial charge in [-0.3, -0.25) is 4.79 Å². The van der Waals surface area contributed by atoms with Crippen LogP contribution < -0.4 is 10.1 Å². The van der Waals surface area contributed by atoms with Crippen molar-refractivity contribution in [2.24, 2.45) is 0 Å². The average Bonchev–Trinajstić information content (AvgIpc) is 3.31. The minimum Gasteiger partial charge on any atom is -0.434 e. The number of halogens is 2. The number of ether oxygens (including phenoxy) is 1. The van der Waals surface area contributed by atoms with Crippen LogP contribution in [0.4, 0.5) is 13.9 Å². The Morgan fingerprint density at radius 2 is 2.14 bits per heavy atom. The van der Waals surface area contributed by atoms with Crippen LogP contribution >= 0.6 is 11.3 Å². The Morgan fingerprint density at radius 1 is 1.32 bits per heavy atom. The lowest BCUT2D eigenvalue weighted by molar-refractivity contribution is -0.116. The zero-order chi connectivity index (χ0) is 19.9. The van der Waals surface area contributed by atoms with Gasteiger partial charge in [-0.25, -0.2) is 4.98 Å². The number of alkyl halides is 2. The fourth-order valence-electron chi connectivity index (χ4n) is 2.45. The average molecular weight is 408 g/mol. The first-order valence-corrected chi connectivity index (χ1v) is 9.54. The topological polar surface area (TPSA) is 90.1 Å². The molecule has 0 radical (unpaired) electrons. The first-order valence-electron chi connectivity index (χ1n) is 8.66. The van der Waals surface area contributed by atoms with Crippen molar-refractivity contribution in [3.05, 3.63) is 41.4 Å². The normalized spacial score (nSPS) is 11.0. The first-order chi connectivity index (χ1) is 13.5. The van der Waals surface area contributed by atoms with Crippen molar-refractivity contribution in [1.29, 1.82) is 0 Å². The summed E-state index contributed by atoms with van der Waals surface area (Å²) in [7, 11) is 0. The van der Waals surface area contributed by atoms with E-state index in [0.29, 0.717) is 47.4 Å². The largest absolute Gasteiger partial charge is 0.434 e. The molecule has 0 atom stereocenters. The maximum Gasteiger partial charge on any atom is 0.387 e. The number of aryl methyl sites for hydroxylation is 2. The van der Waals surface area contributed by atoms with Gasteiger partial charge in [-0.05, 0) is 18.6 Å². The SMILES string of the molecule is CCc1noc(CCCC(=O)Nc2nc(-c3ccccc3OC(F)F)cs2)n1. The lowest BCUT2D eigenvalue weighted by atomic mass is 10.1. The van der Waals surface area contributed by atoms with Gasteiger partial charge in [0.2, 0.25) is 11.8 Å². The van der Waals surface area contributed by atoms with E-state index in [4.69, 9.17) is 4.52 Å². The highest BCUT2D eigenvalue weighted by molar-refractivity contribution is 7.14. The summed E-state index contributed by atoms with van der Waals surface area (Å²) in [6.07, 6.45) is 2.04. The number of hydrogen-bond acceptors (Lipinski definition) is 7. The molecule has 0 bridgehead atoms. The first kappa shape index (κ1) is 19.9. The minimum atomic E-state index is -2.92. The summed E-state index contributed by atoms with van der Waals surface area (Å²) in [5.74, 6) is 0.989. The number of nitrogens with one attached hydrogen (secondary N) is 1. The van der Waals surface area contributed by atoms with Gasteiger partial charge in [-0.1, -0.05) is 24.2 Å². The second kappa shape index (κ2) is 9.36. The van der Waals surface area contributed by atoms with E-state index in [2.05, 4.69) is 25.2 Å². The van der Waals surface area contributed by atoms with E-state index in [0.717, 1.165) is 0 Å². The second-order valence-corrected chi connectivity index (χ2v) is 6.63. The molecule has 1 amide bonds. The fraction of sp³-hybridized carbons (Fsp3) is 0.333. The minimum absolute atomic E-state index is 0.0340. The third kappa shape index (κ3) is 5.32. The van der Waals surface area contributed by atoms with E-state index in [-0.39, 0.29) is 18.1 Å². The molecular formula is C18H18F2N4O3S. The summed E-state index contributed by atoms with van der Waals surface area (Å²) in [6, 6.07) is 6.38. The molecular weight excluding hydrogens is 390 g/mol. The predicted molar refractivity (Wildman–Crippen MR) is 99.4 cm³/mol. The van der Waals surface area contributed by atoms with Gasteiger partial charge in [0.25, 0.3) is 0 Å². The maximum absolute atomic E-state index is 12.5. The Balaban J connectivity index is 1.55. The van der Waals surface area contributed by atoms with Crippen LogP contribution in [0.1, 0.15) is 31.5 Å². The van der Waals surface area contributed by atoms with Crippen molar-refractivity contribution in [2.75, 3.05) is 5.32 Å². The molecule has 1 N–H and O–H groups in total. The lowest BCUT2D eigenvalue weighted by Gasteiger charge is -2.08. The van der Waals surface area contributed by atoms with Gasteiger partial charge in [-0.15, -0.1) is 11.3 Å². The van der Waals surface area contributed by atoms with Gasteiger partial charge in [0.1, 0.15) is 5.75 Å². The summed E-state index contributed by atoms with van der Waals surface area (Å²) < 4.78 is 34.7. The zero-order valence-corrected chi connectivity index (χ0v) is 15.8. The summed E-state index contributed by atoms with van der Waals surface area (Å²) >= 11 is 1.21. The molecule has 0 spiro atoms. The molecule has 0 aliphatic heterocycles. The van der Waals surface area contributed by atoms with Gasteiger partial charge >= 0.3 is 6.61 Å². The van der Waals surface area contributed by atoms with Crippen molar-refractivity contribution >= 4 is 22.4 Å². The van der Waals surface area contributed by atoms with Crippen molar-refractivity contribution in [3.63, 3.8) is 0 Å². The van der Waals surface area contributed by atoms with E-state index in [9.17, 15) is 13.6 Å². The van der Waals surface area contributed by atoms with E-state index in [1.165, 1.54) is 17.4 Å².